The van der Waals surface area contributed by atoms with Crippen LogP contribution in [0.1, 0.15) is 48.1 Å². The van der Waals surface area contributed by atoms with Gasteiger partial charge in [0, 0.05) is 34.6 Å². The van der Waals surface area contributed by atoms with Crippen LogP contribution in [0.2, 0.25) is 5.02 Å². The SMILES string of the molecule is O=C(OCc1nc(-c2cccnc2)no1)c1ccc2c(c1Cl)C(=O)c1ccccc1C2=O. The van der Waals surface area contributed by atoms with E-state index in [9.17, 15) is 14.4 Å². The van der Waals surface area contributed by atoms with Crippen LogP contribution in [0.15, 0.2) is 65.4 Å². The third-order valence-electron chi connectivity index (χ3n) is 4.96. The second kappa shape index (κ2) is 7.82. The minimum Gasteiger partial charge on any atom is -0.452 e. The van der Waals surface area contributed by atoms with Crippen molar-refractivity contribution in [2.45, 2.75) is 6.61 Å². The van der Waals surface area contributed by atoms with Crippen LogP contribution in [0.4, 0.5) is 0 Å². The van der Waals surface area contributed by atoms with Gasteiger partial charge < -0.3 is 9.26 Å². The van der Waals surface area contributed by atoms with Gasteiger partial charge in [-0.2, -0.15) is 4.98 Å². The number of ether oxygens (including phenoxy) is 1. The van der Waals surface area contributed by atoms with Crippen molar-refractivity contribution in [3.63, 3.8) is 0 Å². The Balaban J connectivity index is 1.38. The molecule has 0 N–H and O–H groups in total. The van der Waals surface area contributed by atoms with E-state index in [-0.39, 0.29) is 45.6 Å². The molecule has 0 unspecified atom stereocenters. The zero-order valence-corrected chi connectivity index (χ0v) is 17.0. The van der Waals surface area contributed by atoms with Crippen LogP contribution in [0.25, 0.3) is 11.4 Å². The van der Waals surface area contributed by atoms with Gasteiger partial charge in [0.2, 0.25) is 5.82 Å². The summed E-state index contributed by atoms with van der Waals surface area (Å²) in [5, 5.41) is 3.69. The molecular formula is C23H12ClN3O5. The van der Waals surface area contributed by atoms with Crippen molar-refractivity contribution in [3.05, 3.63) is 99.7 Å². The molecule has 156 valence electrons. The Morgan fingerprint density at radius 2 is 1.75 bits per heavy atom. The van der Waals surface area contributed by atoms with Crippen LogP contribution in [-0.4, -0.2) is 32.7 Å². The molecule has 4 aromatic rings. The lowest BCUT2D eigenvalue weighted by Crippen LogP contribution is -2.22. The highest BCUT2D eigenvalue weighted by Gasteiger charge is 2.33. The molecule has 9 heteroatoms. The number of fused-ring (bicyclic) bond motifs is 2. The van der Waals surface area contributed by atoms with Gasteiger partial charge in [0.15, 0.2) is 18.2 Å². The van der Waals surface area contributed by atoms with Gasteiger partial charge in [0.25, 0.3) is 5.89 Å². The smallest absolute Gasteiger partial charge is 0.340 e. The van der Waals surface area contributed by atoms with E-state index >= 15 is 0 Å². The van der Waals surface area contributed by atoms with Gasteiger partial charge in [-0.15, -0.1) is 0 Å². The molecule has 0 atom stereocenters. The van der Waals surface area contributed by atoms with E-state index in [0.29, 0.717) is 17.0 Å². The summed E-state index contributed by atoms with van der Waals surface area (Å²) in [4.78, 5) is 46.5. The summed E-state index contributed by atoms with van der Waals surface area (Å²) >= 11 is 6.38. The summed E-state index contributed by atoms with van der Waals surface area (Å²) in [6.07, 6.45) is 3.19. The van der Waals surface area contributed by atoms with E-state index in [1.165, 1.54) is 12.1 Å². The van der Waals surface area contributed by atoms with E-state index < -0.39 is 11.8 Å². The van der Waals surface area contributed by atoms with Crippen LogP contribution in [-0.2, 0) is 11.3 Å². The van der Waals surface area contributed by atoms with Gasteiger partial charge in [-0.25, -0.2) is 4.79 Å². The minimum absolute atomic E-state index is 0.0125. The molecule has 0 aliphatic heterocycles. The first-order chi connectivity index (χ1) is 15.5. The van der Waals surface area contributed by atoms with Crippen LogP contribution in [0.5, 0.6) is 0 Å². The van der Waals surface area contributed by atoms with E-state index in [1.807, 2.05) is 0 Å². The Morgan fingerprint density at radius 3 is 2.50 bits per heavy atom. The second-order valence-corrected chi connectivity index (χ2v) is 7.26. The lowest BCUT2D eigenvalue weighted by molar-refractivity contribution is 0.0430. The summed E-state index contributed by atoms with van der Waals surface area (Å²) in [5.41, 5.74) is 1.28. The Bertz CT molecular complexity index is 1400. The summed E-state index contributed by atoms with van der Waals surface area (Å²) in [6.45, 7) is -0.296. The standard InChI is InChI=1S/C23H12ClN3O5/c24-19-16(8-7-15-18(19)21(29)14-6-2-1-5-13(14)20(15)28)23(30)31-11-17-26-22(27-32-17)12-4-3-9-25-10-12/h1-10H,11H2. The minimum atomic E-state index is -0.793. The molecule has 0 saturated heterocycles. The largest absolute Gasteiger partial charge is 0.452 e. The lowest BCUT2D eigenvalue weighted by Gasteiger charge is -2.19. The molecule has 2 aromatic carbocycles. The third-order valence-corrected chi connectivity index (χ3v) is 5.36. The number of nitrogens with zero attached hydrogens (tertiary/aromatic N) is 3. The first-order valence-corrected chi connectivity index (χ1v) is 9.83. The molecule has 8 nitrogen and oxygen atoms in total. The van der Waals surface area contributed by atoms with Gasteiger partial charge in [0.05, 0.1) is 16.1 Å². The van der Waals surface area contributed by atoms with E-state index in [4.69, 9.17) is 20.9 Å². The van der Waals surface area contributed by atoms with Gasteiger partial charge >= 0.3 is 5.97 Å². The van der Waals surface area contributed by atoms with Crippen LogP contribution < -0.4 is 0 Å². The Labute approximate surface area is 185 Å². The average Bonchev–Trinajstić information content (AvgIpc) is 3.30. The number of benzene rings is 2. The number of ketones is 2. The highest BCUT2D eigenvalue weighted by molar-refractivity contribution is 6.41. The zero-order chi connectivity index (χ0) is 22.2. The first-order valence-electron chi connectivity index (χ1n) is 9.45. The van der Waals surface area contributed by atoms with Crippen molar-refractivity contribution in [1.29, 1.82) is 0 Å². The van der Waals surface area contributed by atoms with E-state index in [0.717, 1.165) is 0 Å². The lowest BCUT2D eigenvalue weighted by atomic mass is 9.83. The molecule has 5 rings (SSSR count). The highest BCUT2D eigenvalue weighted by atomic mass is 35.5. The fourth-order valence-electron chi connectivity index (χ4n) is 3.43. The molecule has 0 radical (unpaired) electrons. The third kappa shape index (κ3) is 3.27. The van der Waals surface area contributed by atoms with Crippen LogP contribution >= 0.6 is 11.6 Å². The summed E-state index contributed by atoms with van der Waals surface area (Å²) < 4.78 is 10.3. The molecule has 0 bridgehead atoms. The molecule has 0 amide bonds. The second-order valence-electron chi connectivity index (χ2n) is 6.88. The topological polar surface area (TPSA) is 112 Å². The average molecular weight is 446 g/mol. The maximum atomic E-state index is 12.9. The fourth-order valence-corrected chi connectivity index (χ4v) is 3.76. The monoisotopic (exact) mass is 445 g/mol. The predicted octanol–water partition coefficient (Wildman–Crippen LogP) is 3.92. The van der Waals surface area contributed by atoms with Gasteiger partial charge in [0.1, 0.15) is 0 Å². The fraction of sp³-hybridized carbons (Fsp3) is 0.0435. The number of aromatic nitrogens is 3. The molecule has 32 heavy (non-hydrogen) atoms. The summed E-state index contributed by atoms with van der Waals surface area (Å²) in [5.74, 6) is -1.16. The molecular weight excluding hydrogens is 434 g/mol. The number of pyridine rings is 1. The molecule has 2 aromatic heterocycles. The normalized spacial score (nSPS) is 12.3. The zero-order valence-electron chi connectivity index (χ0n) is 16.2. The molecule has 0 spiro atoms. The molecule has 1 aliphatic rings. The van der Waals surface area contributed by atoms with Crippen LogP contribution in [0.3, 0.4) is 0 Å². The predicted molar refractivity (Wildman–Crippen MR) is 111 cm³/mol. The number of halogens is 1. The maximum absolute atomic E-state index is 12.9. The van der Waals surface area contributed by atoms with Crippen molar-refractivity contribution in [2.75, 3.05) is 0 Å². The Morgan fingerprint density at radius 1 is 0.969 bits per heavy atom. The number of hydrogen-bond acceptors (Lipinski definition) is 8. The molecule has 0 fully saturated rings. The van der Waals surface area contributed by atoms with E-state index in [2.05, 4.69) is 15.1 Å². The Hall–Kier alpha value is -4.17. The summed E-state index contributed by atoms with van der Waals surface area (Å²) in [7, 11) is 0. The quantitative estimate of drug-likeness (QED) is 0.382. The van der Waals surface area contributed by atoms with Gasteiger partial charge in [-0.05, 0) is 24.3 Å². The van der Waals surface area contributed by atoms with Gasteiger partial charge in [-0.1, -0.05) is 41.0 Å². The van der Waals surface area contributed by atoms with Crippen molar-refractivity contribution >= 4 is 29.1 Å². The summed E-state index contributed by atoms with van der Waals surface area (Å²) in [6, 6.07) is 12.7. The van der Waals surface area contributed by atoms with E-state index in [1.54, 1.807) is 48.8 Å². The van der Waals surface area contributed by atoms with Crippen molar-refractivity contribution in [3.8, 4) is 11.4 Å². The van der Waals surface area contributed by atoms with Crippen molar-refractivity contribution in [1.82, 2.24) is 15.1 Å². The number of hydrogen-bond donors (Lipinski definition) is 0. The number of esters is 1. The van der Waals surface area contributed by atoms with Gasteiger partial charge in [-0.3, -0.25) is 14.6 Å². The van der Waals surface area contributed by atoms with Crippen molar-refractivity contribution < 1.29 is 23.6 Å². The first kappa shape index (κ1) is 19.8. The number of carbonyl (C=O) groups is 3. The maximum Gasteiger partial charge on any atom is 0.340 e. The highest BCUT2D eigenvalue weighted by Crippen LogP contribution is 2.34. The van der Waals surface area contributed by atoms with Crippen molar-refractivity contribution in [2.24, 2.45) is 0 Å². The number of rotatable bonds is 4. The Kier molecular flexibility index (Phi) is 4.84. The molecule has 0 saturated carbocycles. The number of carbonyl (C=O) groups excluding carboxylic acids is 3. The molecule has 1 aliphatic carbocycles. The molecule has 2 heterocycles. The van der Waals surface area contributed by atoms with Crippen LogP contribution in [0, 0.1) is 0 Å².